The van der Waals surface area contributed by atoms with Crippen molar-refractivity contribution >= 4 is 29.2 Å². The molecular formula is C29H35Cl2NO3. The molecule has 2 aromatic carbocycles. The number of benzene rings is 2. The molecule has 6 heteroatoms. The Morgan fingerprint density at radius 1 is 1.14 bits per heavy atom. The van der Waals surface area contributed by atoms with Gasteiger partial charge in [0.05, 0.1) is 12.5 Å². The number of nitrogens with zero attached hydrogens (tertiary/aromatic N) is 1. The number of esters is 1. The molecule has 0 N–H and O–H groups in total. The average molecular weight is 517 g/mol. The van der Waals surface area contributed by atoms with E-state index in [9.17, 15) is 4.79 Å². The second-order valence-electron chi connectivity index (χ2n) is 11.6. The van der Waals surface area contributed by atoms with Crippen LogP contribution in [-0.4, -0.2) is 42.7 Å². The molecule has 3 aliphatic rings. The Labute approximate surface area is 218 Å². The van der Waals surface area contributed by atoms with Gasteiger partial charge in [0.15, 0.2) is 0 Å². The number of fused-ring (bicyclic) bond motifs is 2. The first kappa shape index (κ1) is 24.9. The largest absolute Gasteiger partial charge is 0.492 e. The zero-order valence-electron chi connectivity index (χ0n) is 21.1. The van der Waals surface area contributed by atoms with E-state index in [2.05, 4.69) is 23.1 Å². The van der Waals surface area contributed by atoms with Gasteiger partial charge in [-0.15, -0.1) is 0 Å². The first-order valence-corrected chi connectivity index (χ1v) is 13.5. The summed E-state index contributed by atoms with van der Waals surface area (Å²) in [7, 11) is 0. The van der Waals surface area contributed by atoms with Crippen LogP contribution in [-0.2, 0) is 14.9 Å². The highest BCUT2D eigenvalue weighted by molar-refractivity contribution is 6.36. The smallest absolute Gasteiger partial charge is 0.310 e. The summed E-state index contributed by atoms with van der Waals surface area (Å²) in [5.41, 5.74) is 3.36. The normalized spacial score (nSPS) is 24.1. The van der Waals surface area contributed by atoms with E-state index in [0.717, 1.165) is 66.9 Å². The minimum absolute atomic E-state index is 0.0779. The number of halogens is 2. The number of rotatable bonds is 5. The van der Waals surface area contributed by atoms with Gasteiger partial charge in [0.2, 0.25) is 0 Å². The molecule has 188 valence electrons. The molecule has 1 saturated carbocycles. The van der Waals surface area contributed by atoms with E-state index >= 15 is 0 Å². The third-order valence-corrected chi connectivity index (χ3v) is 8.48. The maximum Gasteiger partial charge on any atom is 0.310 e. The Morgan fingerprint density at radius 2 is 1.83 bits per heavy atom. The fourth-order valence-electron chi connectivity index (χ4n) is 5.81. The fourth-order valence-corrected chi connectivity index (χ4v) is 6.49. The number of likely N-dealkylation sites (tertiary alicyclic amines) is 1. The third-order valence-electron chi connectivity index (χ3n) is 7.82. The molecule has 1 spiro atoms. The quantitative estimate of drug-likeness (QED) is 0.403. The fraction of sp³-hybridized carbons (Fsp3) is 0.552. The molecule has 3 atom stereocenters. The Morgan fingerprint density at radius 3 is 2.49 bits per heavy atom. The Balaban J connectivity index is 1.22. The predicted molar refractivity (Wildman–Crippen MR) is 141 cm³/mol. The number of carbonyl (C=O) groups excluding carboxylic acids is 1. The first-order valence-electron chi connectivity index (χ1n) is 12.7. The lowest BCUT2D eigenvalue weighted by molar-refractivity contribution is -0.160. The number of hydrogen-bond acceptors (Lipinski definition) is 4. The molecule has 3 unspecified atom stereocenters. The zero-order chi connectivity index (χ0) is 25.0. The SMILES string of the molecule is CC(CN1CCC2(CC1)COc1cc(C3CC3c3c(Cl)cccc3Cl)ccc12)C(=O)OC(C)(C)C. The van der Waals surface area contributed by atoms with Crippen molar-refractivity contribution in [1.29, 1.82) is 0 Å². The van der Waals surface area contributed by atoms with E-state index in [-0.39, 0.29) is 17.3 Å². The van der Waals surface area contributed by atoms with Crippen LogP contribution in [0.3, 0.4) is 0 Å². The summed E-state index contributed by atoms with van der Waals surface area (Å²) in [4.78, 5) is 14.8. The Kier molecular flexibility index (Phi) is 6.61. The predicted octanol–water partition coefficient (Wildman–Crippen LogP) is 6.97. The lowest BCUT2D eigenvalue weighted by atomic mass is 9.74. The topological polar surface area (TPSA) is 38.8 Å². The molecule has 0 aromatic heterocycles. The van der Waals surface area contributed by atoms with Gasteiger partial charge in [0.1, 0.15) is 11.4 Å². The van der Waals surface area contributed by atoms with E-state index in [1.807, 2.05) is 45.9 Å². The van der Waals surface area contributed by atoms with Crippen LogP contribution in [0.2, 0.25) is 10.0 Å². The summed E-state index contributed by atoms with van der Waals surface area (Å²) in [5, 5.41) is 1.52. The number of hydrogen-bond donors (Lipinski definition) is 0. The van der Waals surface area contributed by atoms with Crippen LogP contribution in [0.15, 0.2) is 36.4 Å². The summed E-state index contributed by atoms with van der Waals surface area (Å²) in [6.07, 6.45) is 3.15. The number of ether oxygens (including phenoxy) is 2. The van der Waals surface area contributed by atoms with Gasteiger partial charge in [0.25, 0.3) is 0 Å². The van der Waals surface area contributed by atoms with Crippen molar-refractivity contribution in [3.63, 3.8) is 0 Å². The van der Waals surface area contributed by atoms with Gasteiger partial charge in [-0.3, -0.25) is 4.79 Å². The van der Waals surface area contributed by atoms with Crippen LogP contribution in [0.1, 0.15) is 75.5 Å². The molecule has 1 saturated heterocycles. The summed E-state index contributed by atoms with van der Waals surface area (Å²) >= 11 is 12.9. The molecule has 2 fully saturated rings. The maximum absolute atomic E-state index is 12.4. The molecule has 2 heterocycles. The van der Waals surface area contributed by atoms with Crippen LogP contribution in [0.25, 0.3) is 0 Å². The molecule has 0 radical (unpaired) electrons. The highest BCUT2D eigenvalue weighted by Gasteiger charge is 2.46. The van der Waals surface area contributed by atoms with Gasteiger partial charge in [-0.1, -0.05) is 48.3 Å². The molecule has 0 bridgehead atoms. The molecule has 35 heavy (non-hydrogen) atoms. The van der Waals surface area contributed by atoms with E-state index in [4.69, 9.17) is 32.7 Å². The first-order chi connectivity index (χ1) is 16.6. The summed E-state index contributed by atoms with van der Waals surface area (Å²) in [6.45, 7) is 11.1. The van der Waals surface area contributed by atoms with E-state index < -0.39 is 5.60 Å². The molecule has 4 nitrogen and oxygen atoms in total. The van der Waals surface area contributed by atoms with Crippen molar-refractivity contribution in [2.75, 3.05) is 26.2 Å². The van der Waals surface area contributed by atoms with Crippen molar-refractivity contribution in [2.24, 2.45) is 5.92 Å². The van der Waals surface area contributed by atoms with Gasteiger partial charge in [0, 0.05) is 27.6 Å². The Hall–Kier alpha value is -1.75. The molecule has 1 aliphatic carbocycles. The van der Waals surface area contributed by atoms with Crippen LogP contribution < -0.4 is 4.74 Å². The summed E-state index contributed by atoms with van der Waals surface area (Å²) in [5.74, 6) is 1.61. The van der Waals surface area contributed by atoms with Gasteiger partial charge < -0.3 is 14.4 Å². The van der Waals surface area contributed by atoms with Crippen molar-refractivity contribution in [3.05, 3.63) is 63.1 Å². The van der Waals surface area contributed by atoms with Gasteiger partial charge in [-0.2, -0.15) is 0 Å². The summed E-state index contributed by atoms with van der Waals surface area (Å²) in [6, 6.07) is 12.6. The average Bonchev–Trinajstić information content (AvgIpc) is 3.50. The van der Waals surface area contributed by atoms with Crippen LogP contribution in [0, 0.1) is 5.92 Å². The summed E-state index contributed by atoms with van der Waals surface area (Å²) < 4.78 is 11.8. The maximum atomic E-state index is 12.4. The van der Waals surface area contributed by atoms with Gasteiger partial charge in [-0.25, -0.2) is 0 Å². The monoisotopic (exact) mass is 515 g/mol. The lowest BCUT2D eigenvalue weighted by Crippen LogP contribution is -2.46. The second kappa shape index (κ2) is 9.28. The molecule has 0 amide bonds. The van der Waals surface area contributed by atoms with E-state index in [0.29, 0.717) is 11.8 Å². The van der Waals surface area contributed by atoms with Crippen LogP contribution >= 0.6 is 23.2 Å². The van der Waals surface area contributed by atoms with Crippen molar-refractivity contribution in [3.8, 4) is 5.75 Å². The second-order valence-corrected chi connectivity index (χ2v) is 12.5. The van der Waals surface area contributed by atoms with Crippen LogP contribution in [0.4, 0.5) is 0 Å². The minimum atomic E-state index is -0.443. The molecule has 5 rings (SSSR count). The van der Waals surface area contributed by atoms with E-state index in [1.54, 1.807) is 0 Å². The van der Waals surface area contributed by atoms with Gasteiger partial charge >= 0.3 is 5.97 Å². The van der Waals surface area contributed by atoms with Gasteiger partial charge in [-0.05, 0) is 94.3 Å². The van der Waals surface area contributed by atoms with Crippen molar-refractivity contribution in [1.82, 2.24) is 4.90 Å². The van der Waals surface area contributed by atoms with Crippen molar-refractivity contribution in [2.45, 2.75) is 69.8 Å². The molecule has 2 aliphatic heterocycles. The highest BCUT2D eigenvalue weighted by atomic mass is 35.5. The molecular weight excluding hydrogens is 481 g/mol. The van der Waals surface area contributed by atoms with Crippen LogP contribution in [0.5, 0.6) is 5.75 Å². The number of carbonyl (C=O) groups is 1. The Bertz CT molecular complexity index is 1100. The standard InChI is InChI=1S/C29H35Cl2NO3/c1-18(27(33)35-28(2,3)4)16-32-12-10-29(11-13-32)17-34-25-14-19(8-9-22(25)29)20-15-21(20)26-23(30)6-5-7-24(26)31/h5-9,14,18,20-21H,10-13,15-17H2,1-4H3. The highest BCUT2D eigenvalue weighted by Crippen LogP contribution is 2.59. The van der Waals surface area contributed by atoms with E-state index in [1.165, 1.54) is 11.1 Å². The lowest BCUT2D eigenvalue weighted by Gasteiger charge is -2.39. The van der Waals surface area contributed by atoms with Crippen molar-refractivity contribution < 1.29 is 14.3 Å². The third kappa shape index (κ3) is 5.08. The zero-order valence-corrected chi connectivity index (χ0v) is 22.6. The number of piperidine rings is 1. The minimum Gasteiger partial charge on any atom is -0.492 e. The molecule has 2 aromatic rings.